The van der Waals surface area contributed by atoms with E-state index in [9.17, 15) is 0 Å². The Morgan fingerprint density at radius 3 is 2.67 bits per heavy atom. The van der Waals surface area contributed by atoms with Crippen LogP contribution in [0.5, 0.6) is 0 Å². The van der Waals surface area contributed by atoms with Crippen LogP contribution in [0.3, 0.4) is 0 Å². The maximum absolute atomic E-state index is 5.32. The monoisotopic (exact) mass is 147 g/mol. The fourth-order valence-electron chi connectivity index (χ4n) is 0.275. The van der Waals surface area contributed by atoms with Gasteiger partial charge >= 0.3 is 41.9 Å². The molecule has 1 aromatic heterocycles. The molecule has 0 unspecified atom stereocenters. The molecule has 0 aliphatic rings. The molecule has 32 valence electrons. The number of nitrogen functional groups attached to an aromatic ring is 1. The molecule has 0 saturated heterocycles. The number of anilines is 1. The van der Waals surface area contributed by atoms with E-state index in [2.05, 4.69) is 4.94 Å². The first-order chi connectivity index (χ1) is 2.89. The van der Waals surface area contributed by atoms with Crippen LogP contribution in [-0.2, 0) is 0 Å². The zero-order valence-electron chi connectivity index (χ0n) is 3.22. The Kier molecular flexibility index (Phi) is 0.992. The molecule has 0 aliphatic carbocycles. The van der Waals surface area contributed by atoms with Crippen LogP contribution in [0.1, 0.15) is 0 Å². The van der Waals surface area contributed by atoms with Crippen molar-refractivity contribution in [3.63, 3.8) is 0 Å². The number of hydrogen-bond acceptors (Lipinski definition) is 1. The molecular weight excluding hydrogens is 141 g/mol. The van der Waals surface area contributed by atoms with Gasteiger partial charge in [-0.15, -0.1) is 0 Å². The molecule has 1 rings (SSSR count). The molecule has 0 bridgehead atoms. The van der Waals surface area contributed by atoms with Gasteiger partial charge in [0.25, 0.3) is 0 Å². The molecule has 1 nitrogen and oxygen atoms in total. The zero-order chi connectivity index (χ0) is 4.41. The van der Waals surface area contributed by atoms with Gasteiger partial charge in [-0.3, -0.25) is 0 Å². The molecule has 0 spiro atoms. The van der Waals surface area contributed by atoms with E-state index in [4.69, 9.17) is 5.73 Å². The molecule has 1 heterocycles. The molecule has 0 aliphatic heterocycles. The molecule has 0 saturated carbocycles. The summed E-state index contributed by atoms with van der Waals surface area (Å²) in [5, 5.41) is 0. The average Bonchev–Trinajstić information content (AvgIpc) is 1.86. The molecule has 0 fully saturated rings. The van der Waals surface area contributed by atoms with Crippen LogP contribution >= 0.6 is 0 Å². The van der Waals surface area contributed by atoms with Crippen molar-refractivity contribution in [1.82, 2.24) is 0 Å². The third kappa shape index (κ3) is 0.644. The van der Waals surface area contributed by atoms with Crippen molar-refractivity contribution in [2.24, 2.45) is 0 Å². The van der Waals surface area contributed by atoms with Crippen molar-refractivity contribution in [3.8, 4) is 0 Å². The number of rotatable bonds is 0. The van der Waals surface area contributed by atoms with Gasteiger partial charge in [-0.25, -0.2) is 0 Å². The van der Waals surface area contributed by atoms with Crippen LogP contribution in [0, 0.1) is 0 Å². The van der Waals surface area contributed by atoms with E-state index in [1.807, 2.05) is 11.0 Å². The van der Waals surface area contributed by atoms with Gasteiger partial charge in [0.15, 0.2) is 0 Å². The minimum atomic E-state index is 0.573. The van der Waals surface area contributed by atoms with E-state index in [0.29, 0.717) is 14.5 Å². The van der Waals surface area contributed by atoms with Gasteiger partial charge in [0.2, 0.25) is 0 Å². The number of nitrogens with two attached hydrogens (primary N) is 1. The topological polar surface area (TPSA) is 26.0 Å². The van der Waals surface area contributed by atoms with E-state index in [0.717, 1.165) is 5.69 Å². The molecule has 0 aromatic carbocycles. The van der Waals surface area contributed by atoms with E-state index in [1.165, 1.54) is 0 Å². The summed E-state index contributed by atoms with van der Waals surface area (Å²) in [6.07, 6.45) is 0. The minimum absolute atomic E-state index is 0.573. The predicted molar refractivity (Wildman–Crippen MR) is 27.8 cm³/mol. The summed E-state index contributed by atoms with van der Waals surface area (Å²) in [4.78, 5) is 4.15. The standard InChI is InChI=1S/C4H5NSe/c5-4-1-2-6-3-4/h1-3H,5H2. The van der Waals surface area contributed by atoms with Crippen molar-refractivity contribution in [3.05, 3.63) is 15.9 Å². The first kappa shape index (κ1) is 3.97. The second-order valence-electron chi connectivity index (χ2n) is 1.06. The van der Waals surface area contributed by atoms with Crippen LogP contribution in [0.4, 0.5) is 5.69 Å². The summed E-state index contributed by atoms with van der Waals surface area (Å²) >= 11 is 0.573. The van der Waals surface area contributed by atoms with Crippen molar-refractivity contribution < 1.29 is 0 Å². The summed E-state index contributed by atoms with van der Waals surface area (Å²) < 4.78 is 0. The Morgan fingerprint density at radius 2 is 2.50 bits per heavy atom. The zero-order valence-corrected chi connectivity index (χ0v) is 4.93. The first-order valence-corrected chi connectivity index (χ1v) is 3.65. The molecule has 6 heavy (non-hydrogen) atoms. The van der Waals surface area contributed by atoms with E-state index >= 15 is 0 Å². The normalized spacial score (nSPS) is 8.67. The fourth-order valence-corrected chi connectivity index (χ4v) is 1.43. The molecule has 0 atom stereocenters. The molecular formula is C4H5NSe. The fraction of sp³-hybridized carbons (Fsp3) is 0. The molecule has 1 aromatic rings. The molecule has 0 amide bonds. The second kappa shape index (κ2) is 1.50. The van der Waals surface area contributed by atoms with E-state index < -0.39 is 0 Å². The van der Waals surface area contributed by atoms with E-state index in [-0.39, 0.29) is 0 Å². The summed E-state index contributed by atoms with van der Waals surface area (Å²) in [7, 11) is 0. The third-order valence-electron chi connectivity index (χ3n) is 0.543. The van der Waals surface area contributed by atoms with Crippen LogP contribution in [-0.4, -0.2) is 14.5 Å². The quantitative estimate of drug-likeness (QED) is 0.524. The van der Waals surface area contributed by atoms with E-state index in [1.54, 1.807) is 0 Å². The van der Waals surface area contributed by atoms with Crippen LogP contribution in [0.25, 0.3) is 0 Å². The van der Waals surface area contributed by atoms with Gasteiger partial charge < -0.3 is 0 Å². The SMILES string of the molecule is Nc1cc[se]c1. The summed E-state index contributed by atoms with van der Waals surface area (Å²) in [5.41, 5.74) is 6.25. The summed E-state index contributed by atoms with van der Waals surface area (Å²) in [5.74, 6) is 0. The van der Waals surface area contributed by atoms with Crippen molar-refractivity contribution in [2.45, 2.75) is 0 Å². The van der Waals surface area contributed by atoms with Crippen molar-refractivity contribution >= 4 is 20.2 Å². The Morgan fingerprint density at radius 1 is 1.67 bits per heavy atom. The van der Waals surface area contributed by atoms with Gasteiger partial charge in [0, 0.05) is 0 Å². The molecule has 2 N–H and O–H groups in total. The molecule has 0 radical (unpaired) electrons. The Labute approximate surface area is 42.5 Å². The van der Waals surface area contributed by atoms with Crippen molar-refractivity contribution in [1.29, 1.82) is 0 Å². The Bertz CT molecular complexity index is 111. The van der Waals surface area contributed by atoms with Gasteiger partial charge in [0.1, 0.15) is 0 Å². The average molecular weight is 146 g/mol. The number of hydrogen-bond donors (Lipinski definition) is 1. The molecule has 2 heteroatoms. The predicted octanol–water partition coefficient (Wildman–Crippen LogP) is 0.326. The summed E-state index contributed by atoms with van der Waals surface area (Å²) in [6.45, 7) is 0. The van der Waals surface area contributed by atoms with Crippen LogP contribution in [0.2, 0.25) is 0 Å². The van der Waals surface area contributed by atoms with Crippen LogP contribution < -0.4 is 5.73 Å². The van der Waals surface area contributed by atoms with Gasteiger partial charge in [-0.2, -0.15) is 0 Å². The van der Waals surface area contributed by atoms with Gasteiger partial charge in [-0.1, -0.05) is 0 Å². The summed E-state index contributed by atoms with van der Waals surface area (Å²) in [6, 6.07) is 1.94. The Hall–Kier alpha value is -0.201. The van der Waals surface area contributed by atoms with Crippen LogP contribution in [0.15, 0.2) is 15.9 Å². The third-order valence-corrected chi connectivity index (χ3v) is 2.01. The Balaban J connectivity index is 3.05. The second-order valence-corrected chi connectivity index (χ2v) is 2.69. The van der Waals surface area contributed by atoms with Crippen molar-refractivity contribution in [2.75, 3.05) is 5.73 Å². The van der Waals surface area contributed by atoms with Gasteiger partial charge in [0.05, 0.1) is 0 Å². The maximum atomic E-state index is 5.32. The van der Waals surface area contributed by atoms with Gasteiger partial charge in [-0.05, 0) is 0 Å². The first-order valence-electron chi connectivity index (χ1n) is 1.67.